The van der Waals surface area contributed by atoms with Gasteiger partial charge in [-0.15, -0.1) is 0 Å². The summed E-state index contributed by atoms with van der Waals surface area (Å²) >= 11 is 0. The van der Waals surface area contributed by atoms with Crippen LogP contribution in [0.15, 0.2) is 6.20 Å². The Morgan fingerprint density at radius 2 is 1.92 bits per heavy atom. The molecule has 1 aromatic rings. The average Bonchev–Trinajstić information content (AvgIpc) is 1.95. The molecule has 3 nitrogen and oxygen atoms in total. The normalized spacial score (nSPS) is 11.8. The van der Waals surface area contributed by atoms with E-state index >= 15 is 0 Å². The molecule has 3 heteroatoms. The van der Waals surface area contributed by atoms with Crippen LogP contribution >= 0.6 is 0 Å². The molecule has 0 fully saturated rings. The van der Waals surface area contributed by atoms with E-state index < -0.39 is 5.60 Å². The van der Waals surface area contributed by atoms with Crippen LogP contribution in [-0.2, 0) is 5.60 Å². The molecule has 0 saturated heterocycles. The van der Waals surface area contributed by atoms with Crippen LogP contribution in [0.1, 0.15) is 30.7 Å². The van der Waals surface area contributed by atoms with Crippen LogP contribution < -0.4 is 5.73 Å². The van der Waals surface area contributed by atoms with E-state index in [0.717, 1.165) is 16.8 Å². The van der Waals surface area contributed by atoms with Crippen molar-refractivity contribution in [3.63, 3.8) is 0 Å². The summed E-state index contributed by atoms with van der Waals surface area (Å²) in [7, 11) is 0. The Morgan fingerprint density at radius 1 is 1.38 bits per heavy atom. The molecule has 1 rings (SSSR count). The Hall–Kier alpha value is -1.09. The van der Waals surface area contributed by atoms with Gasteiger partial charge in [-0.2, -0.15) is 0 Å². The van der Waals surface area contributed by atoms with Gasteiger partial charge in [0.05, 0.1) is 17.5 Å². The smallest absolute Gasteiger partial charge is 0.0864 e. The molecule has 3 N–H and O–H groups in total. The molecule has 0 atom stereocenters. The number of hydrogen-bond donors (Lipinski definition) is 2. The fourth-order valence-corrected chi connectivity index (χ4v) is 1.54. The number of nitrogens with zero attached hydrogens (tertiary/aromatic N) is 1. The number of pyridine rings is 1. The average molecular weight is 180 g/mol. The zero-order valence-corrected chi connectivity index (χ0v) is 8.55. The molecule has 0 aromatic carbocycles. The van der Waals surface area contributed by atoms with Crippen LogP contribution in [0.3, 0.4) is 0 Å². The largest absolute Gasteiger partial charge is 0.397 e. The summed E-state index contributed by atoms with van der Waals surface area (Å²) in [4.78, 5) is 4.12. The molecule has 13 heavy (non-hydrogen) atoms. The number of hydrogen-bond acceptors (Lipinski definition) is 3. The summed E-state index contributed by atoms with van der Waals surface area (Å²) in [6, 6.07) is 0. The van der Waals surface area contributed by atoms with Crippen molar-refractivity contribution in [3.05, 3.63) is 23.0 Å². The summed E-state index contributed by atoms with van der Waals surface area (Å²) in [6.45, 7) is 7.28. The second-order valence-corrected chi connectivity index (χ2v) is 3.86. The third-order valence-corrected chi connectivity index (χ3v) is 2.22. The van der Waals surface area contributed by atoms with Gasteiger partial charge in [-0.3, -0.25) is 4.98 Å². The standard InChI is InChI=1S/C10H16N2O/c1-6-7(2)12-5-8(11)9(6)10(3,4)13/h5,13H,11H2,1-4H3. The zero-order chi connectivity index (χ0) is 10.2. The van der Waals surface area contributed by atoms with Gasteiger partial charge in [0.15, 0.2) is 0 Å². The first-order valence-corrected chi connectivity index (χ1v) is 4.28. The summed E-state index contributed by atoms with van der Waals surface area (Å²) in [6.07, 6.45) is 1.59. The Bertz CT molecular complexity index is 326. The third kappa shape index (κ3) is 1.80. The van der Waals surface area contributed by atoms with Gasteiger partial charge >= 0.3 is 0 Å². The summed E-state index contributed by atoms with van der Waals surface area (Å²) in [5, 5.41) is 9.87. The van der Waals surface area contributed by atoms with E-state index in [9.17, 15) is 5.11 Å². The lowest BCUT2D eigenvalue weighted by molar-refractivity contribution is 0.0785. The highest BCUT2D eigenvalue weighted by Crippen LogP contribution is 2.29. The van der Waals surface area contributed by atoms with Gasteiger partial charge in [-0.05, 0) is 33.3 Å². The van der Waals surface area contributed by atoms with Gasteiger partial charge < -0.3 is 10.8 Å². The quantitative estimate of drug-likeness (QED) is 0.688. The lowest BCUT2D eigenvalue weighted by atomic mass is 9.92. The molecule has 1 heterocycles. The highest BCUT2D eigenvalue weighted by molar-refractivity contribution is 5.52. The predicted molar refractivity (Wildman–Crippen MR) is 53.4 cm³/mol. The van der Waals surface area contributed by atoms with Crippen molar-refractivity contribution in [2.24, 2.45) is 0 Å². The highest BCUT2D eigenvalue weighted by atomic mass is 16.3. The van der Waals surface area contributed by atoms with Crippen LogP contribution in [0.25, 0.3) is 0 Å². The summed E-state index contributed by atoms with van der Waals surface area (Å²) in [5.74, 6) is 0. The van der Waals surface area contributed by atoms with Crippen molar-refractivity contribution >= 4 is 5.69 Å². The SMILES string of the molecule is Cc1ncc(N)c(C(C)(C)O)c1C. The molecule has 0 bridgehead atoms. The van der Waals surface area contributed by atoms with Crippen LogP contribution in [0.5, 0.6) is 0 Å². The second kappa shape index (κ2) is 3.00. The molecule has 0 spiro atoms. The number of rotatable bonds is 1. The molecule has 1 aromatic heterocycles. The fourth-order valence-electron chi connectivity index (χ4n) is 1.54. The van der Waals surface area contributed by atoms with Gasteiger partial charge in [0, 0.05) is 11.3 Å². The van der Waals surface area contributed by atoms with E-state index in [2.05, 4.69) is 4.98 Å². The number of nitrogens with two attached hydrogens (primary N) is 1. The third-order valence-electron chi connectivity index (χ3n) is 2.22. The molecule has 0 aliphatic carbocycles. The van der Waals surface area contributed by atoms with E-state index in [1.165, 1.54) is 0 Å². The fraction of sp³-hybridized carbons (Fsp3) is 0.500. The summed E-state index contributed by atoms with van der Waals surface area (Å²) in [5.41, 5.74) is 8.06. The lowest BCUT2D eigenvalue weighted by Gasteiger charge is -2.22. The van der Waals surface area contributed by atoms with Crippen LogP contribution in [0.4, 0.5) is 5.69 Å². The predicted octanol–water partition coefficient (Wildman–Crippen LogP) is 1.51. The molecule has 72 valence electrons. The molecule has 0 aliphatic heterocycles. The monoisotopic (exact) mass is 180 g/mol. The van der Waals surface area contributed by atoms with E-state index in [4.69, 9.17) is 5.73 Å². The number of aliphatic hydroxyl groups is 1. The highest BCUT2D eigenvalue weighted by Gasteiger charge is 2.22. The number of nitrogen functional groups attached to an aromatic ring is 1. The number of anilines is 1. The van der Waals surface area contributed by atoms with E-state index in [-0.39, 0.29) is 0 Å². The van der Waals surface area contributed by atoms with Gasteiger partial charge in [0.1, 0.15) is 0 Å². The van der Waals surface area contributed by atoms with Crippen molar-refractivity contribution in [1.82, 2.24) is 4.98 Å². The molecule has 0 radical (unpaired) electrons. The second-order valence-electron chi connectivity index (χ2n) is 3.86. The maximum Gasteiger partial charge on any atom is 0.0864 e. The minimum absolute atomic E-state index is 0.551. The zero-order valence-electron chi connectivity index (χ0n) is 8.55. The Kier molecular flexibility index (Phi) is 2.30. The van der Waals surface area contributed by atoms with Crippen molar-refractivity contribution in [3.8, 4) is 0 Å². The molecular weight excluding hydrogens is 164 g/mol. The van der Waals surface area contributed by atoms with Gasteiger partial charge in [0.25, 0.3) is 0 Å². The number of aryl methyl sites for hydroxylation is 1. The van der Waals surface area contributed by atoms with Crippen LogP contribution in [-0.4, -0.2) is 10.1 Å². The molecule has 0 amide bonds. The first kappa shape index (κ1) is 9.99. The molecular formula is C10H16N2O. The van der Waals surface area contributed by atoms with Crippen molar-refractivity contribution in [2.75, 3.05) is 5.73 Å². The van der Waals surface area contributed by atoms with Crippen LogP contribution in [0.2, 0.25) is 0 Å². The van der Waals surface area contributed by atoms with Crippen molar-refractivity contribution in [1.29, 1.82) is 0 Å². The maximum atomic E-state index is 9.87. The first-order valence-electron chi connectivity index (χ1n) is 4.28. The lowest BCUT2D eigenvalue weighted by Crippen LogP contribution is -2.20. The first-order chi connectivity index (χ1) is 5.84. The van der Waals surface area contributed by atoms with Crippen molar-refractivity contribution in [2.45, 2.75) is 33.3 Å². The summed E-state index contributed by atoms with van der Waals surface area (Å²) < 4.78 is 0. The topological polar surface area (TPSA) is 59.1 Å². The van der Waals surface area contributed by atoms with E-state index in [0.29, 0.717) is 5.69 Å². The van der Waals surface area contributed by atoms with Gasteiger partial charge in [-0.25, -0.2) is 0 Å². The minimum atomic E-state index is -0.901. The molecule has 0 saturated carbocycles. The van der Waals surface area contributed by atoms with E-state index in [1.807, 2.05) is 13.8 Å². The Balaban J connectivity index is 3.43. The van der Waals surface area contributed by atoms with Crippen molar-refractivity contribution < 1.29 is 5.11 Å². The van der Waals surface area contributed by atoms with Gasteiger partial charge in [-0.1, -0.05) is 0 Å². The maximum absolute atomic E-state index is 9.87. The van der Waals surface area contributed by atoms with E-state index in [1.54, 1.807) is 20.0 Å². The Labute approximate surface area is 78.6 Å². The van der Waals surface area contributed by atoms with Gasteiger partial charge in [0.2, 0.25) is 0 Å². The Morgan fingerprint density at radius 3 is 2.31 bits per heavy atom. The molecule has 0 aliphatic rings. The van der Waals surface area contributed by atoms with Crippen LogP contribution in [0, 0.1) is 13.8 Å². The molecule has 0 unspecified atom stereocenters. The number of aromatic nitrogens is 1. The minimum Gasteiger partial charge on any atom is -0.397 e.